The number of Topliss-reactive ketones (excluding diaryl/α,β-unsaturated/α-hetero) is 1. The van der Waals surface area contributed by atoms with Crippen molar-refractivity contribution in [2.24, 2.45) is 5.73 Å². The molecule has 0 aliphatic rings. The van der Waals surface area contributed by atoms with Crippen LogP contribution < -0.4 is 5.73 Å². The Bertz CT molecular complexity index is 453. The van der Waals surface area contributed by atoms with Gasteiger partial charge in [0.25, 0.3) is 0 Å². The van der Waals surface area contributed by atoms with E-state index >= 15 is 0 Å². The Morgan fingerprint density at radius 3 is 2.43 bits per heavy atom. The molecule has 0 heterocycles. The molecular weight excluding hydrogens is 292 g/mol. The van der Waals surface area contributed by atoms with E-state index in [-0.39, 0.29) is 18.2 Å². The molecule has 5 nitrogen and oxygen atoms in total. The molecule has 21 heavy (non-hydrogen) atoms. The number of hydrogen-bond donors (Lipinski definition) is 2. The fraction of sp³-hybridized carbons (Fsp3) is 0.467. The number of unbranched alkanes of at least 4 members (excludes halogenated alkanes) is 1. The number of halogens is 1. The number of amides is 1. The van der Waals surface area contributed by atoms with Crippen molar-refractivity contribution < 1.29 is 14.7 Å². The number of hydrogen-bond acceptors (Lipinski definition) is 3. The SMILES string of the molecule is NCCCCC(C(=O)CCl)N(Cc1ccccc1)C(=O)O. The van der Waals surface area contributed by atoms with Gasteiger partial charge in [-0.15, -0.1) is 11.6 Å². The van der Waals surface area contributed by atoms with Crippen molar-refractivity contribution in [3.8, 4) is 0 Å². The Morgan fingerprint density at radius 1 is 1.24 bits per heavy atom. The second kappa shape index (κ2) is 9.37. The van der Waals surface area contributed by atoms with Gasteiger partial charge < -0.3 is 10.8 Å². The van der Waals surface area contributed by atoms with Crippen LogP contribution in [0.4, 0.5) is 4.79 Å². The van der Waals surface area contributed by atoms with Crippen molar-refractivity contribution in [2.75, 3.05) is 12.4 Å². The van der Waals surface area contributed by atoms with Gasteiger partial charge in [-0.3, -0.25) is 9.69 Å². The first-order chi connectivity index (χ1) is 10.1. The van der Waals surface area contributed by atoms with E-state index in [1.165, 1.54) is 0 Å². The van der Waals surface area contributed by atoms with Gasteiger partial charge in [-0.25, -0.2) is 4.79 Å². The van der Waals surface area contributed by atoms with Gasteiger partial charge in [0.15, 0.2) is 5.78 Å². The normalized spacial score (nSPS) is 11.9. The lowest BCUT2D eigenvalue weighted by Crippen LogP contribution is -2.44. The van der Waals surface area contributed by atoms with Crippen LogP contribution in [0.5, 0.6) is 0 Å². The third-order valence-electron chi connectivity index (χ3n) is 3.25. The average Bonchev–Trinajstić information content (AvgIpc) is 2.50. The van der Waals surface area contributed by atoms with Crippen LogP contribution in [0.15, 0.2) is 30.3 Å². The largest absolute Gasteiger partial charge is 0.465 e. The number of carbonyl (C=O) groups excluding carboxylic acids is 1. The van der Waals surface area contributed by atoms with Crippen LogP contribution in [0, 0.1) is 0 Å². The summed E-state index contributed by atoms with van der Waals surface area (Å²) in [6.45, 7) is 0.694. The monoisotopic (exact) mass is 312 g/mol. The summed E-state index contributed by atoms with van der Waals surface area (Å²) >= 11 is 5.62. The molecule has 0 bridgehead atoms. The van der Waals surface area contributed by atoms with Crippen molar-refractivity contribution in [2.45, 2.75) is 31.8 Å². The molecule has 1 rings (SSSR count). The maximum atomic E-state index is 12.0. The highest BCUT2D eigenvalue weighted by molar-refractivity contribution is 6.28. The number of nitrogens with zero attached hydrogens (tertiary/aromatic N) is 1. The molecule has 6 heteroatoms. The van der Waals surface area contributed by atoms with Gasteiger partial charge in [-0.05, 0) is 31.4 Å². The fourth-order valence-corrected chi connectivity index (χ4v) is 2.33. The quantitative estimate of drug-likeness (QED) is 0.542. The van der Waals surface area contributed by atoms with Crippen molar-refractivity contribution in [1.29, 1.82) is 0 Å². The maximum Gasteiger partial charge on any atom is 0.408 e. The molecule has 1 amide bonds. The van der Waals surface area contributed by atoms with Gasteiger partial charge in [-0.1, -0.05) is 30.3 Å². The van der Waals surface area contributed by atoms with Crippen LogP contribution in [0.3, 0.4) is 0 Å². The van der Waals surface area contributed by atoms with E-state index in [0.717, 1.165) is 16.9 Å². The van der Waals surface area contributed by atoms with E-state index in [9.17, 15) is 14.7 Å². The van der Waals surface area contributed by atoms with E-state index in [1.807, 2.05) is 30.3 Å². The number of ketones is 1. The van der Waals surface area contributed by atoms with Gasteiger partial charge in [-0.2, -0.15) is 0 Å². The highest BCUT2D eigenvalue weighted by Crippen LogP contribution is 2.15. The third kappa shape index (κ3) is 5.73. The molecule has 0 radical (unpaired) electrons. The van der Waals surface area contributed by atoms with E-state index < -0.39 is 12.1 Å². The van der Waals surface area contributed by atoms with Gasteiger partial charge in [0.2, 0.25) is 0 Å². The minimum absolute atomic E-state index is 0.173. The standard InChI is InChI=1S/C15H21ClN2O3/c16-10-14(19)13(8-4-5-9-17)18(15(20)21)11-12-6-2-1-3-7-12/h1-3,6-7,13H,4-5,8-11,17H2,(H,20,21). The number of alkyl halides is 1. The number of carbonyl (C=O) groups is 2. The van der Waals surface area contributed by atoms with Gasteiger partial charge >= 0.3 is 6.09 Å². The van der Waals surface area contributed by atoms with Crippen LogP contribution >= 0.6 is 11.6 Å². The van der Waals surface area contributed by atoms with Crippen molar-refractivity contribution in [1.82, 2.24) is 4.90 Å². The predicted molar refractivity (Wildman–Crippen MR) is 82.4 cm³/mol. The van der Waals surface area contributed by atoms with E-state index in [1.54, 1.807) is 0 Å². The highest BCUT2D eigenvalue weighted by atomic mass is 35.5. The van der Waals surface area contributed by atoms with Crippen molar-refractivity contribution in [3.63, 3.8) is 0 Å². The first kappa shape index (κ1) is 17.5. The molecule has 0 aliphatic carbocycles. The lowest BCUT2D eigenvalue weighted by Gasteiger charge is -2.28. The lowest BCUT2D eigenvalue weighted by molar-refractivity contribution is -0.121. The van der Waals surface area contributed by atoms with Gasteiger partial charge in [0, 0.05) is 6.54 Å². The zero-order valence-electron chi connectivity index (χ0n) is 11.9. The zero-order valence-corrected chi connectivity index (χ0v) is 12.6. The molecule has 3 N–H and O–H groups in total. The topological polar surface area (TPSA) is 83.6 Å². The minimum Gasteiger partial charge on any atom is -0.465 e. The Hall–Kier alpha value is -1.59. The molecule has 1 atom stereocenters. The summed E-state index contributed by atoms with van der Waals surface area (Å²) in [6.07, 6.45) is 0.782. The number of benzene rings is 1. The smallest absolute Gasteiger partial charge is 0.408 e. The Balaban J connectivity index is 2.85. The first-order valence-corrected chi connectivity index (χ1v) is 7.45. The van der Waals surface area contributed by atoms with E-state index in [2.05, 4.69) is 0 Å². The van der Waals surface area contributed by atoms with Crippen LogP contribution in [0.25, 0.3) is 0 Å². The summed E-state index contributed by atoms with van der Waals surface area (Å²) < 4.78 is 0. The highest BCUT2D eigenvalue weighted by Gasteiger charge is 2.28. The predicted octanol–water partition coefficient (Wildman–Crippen LogP) is 2.47. The molecule has 1 unspecified atom stereocenters. The molecule has 0 spiro atoms. The van der Waals surface area contributed by atoms with E-state index in [0.29, 0.717) is 19.4 Å². The number of carboxylic acid groups (broad SMARTS) is 1. The molecule has 0 aromatic heterocycles. The van der Waals surface area contributed by atoms with E-state index in [4.69, 9.17) is 17.3 Å². The second-order valence-electron chi connectivity index (χ2n) is 4.80. The number of nitrogens with two attached hydrogens (primary N) is 1. The summed E-state index contributed by atoms with van der Waals surface area (Å²) in [6, 6.07) is 8.48. The second-order valence-corrected chi connectivity index (χ2v) is 5.06. The number of rotatable bonds is 9. The van der Waals surface area contributed by atoms with Crippen LogP contribution in [-0.2, 0) is 11.3 Å². The fourth-order valence-electron chi connectivity index (χ4n) is 2.15. The summed E-state index contributed by atoms with van der Waals surface area (Å²) in [5.74, 6) is -0.460. The summed E-state index contributed by atoms with van der Waals surface area (Å²) in [5.41, 5.74) is 6.28. The molecule has 1 aromatic rings. The summed E-state index contributed by atoms with van der Waals surface area (Å²) in [7, 11) is 0. The molecule has 0 fully saturated rings. The summed E-state index contributed by atoms with van der Waals surface area (Å²) in [5, 5.41) is 9.41. The first-order valence-electron chi connectivity index (χ1n) is 6.92. The average molecular weight is 313 g/mol. The van der Waals surface area contributed by atoms with Crippen molar-refractivity contribution in [3.05, 3.63) is 35.9 Å². The third-order valence-corrected chi connectivity index (χ3v) is 3.52. The molecule has 0 saturated carbocycles. The minimum atomic E-state index is -1.12. The molecule has 1 aromatic carbocycles. The molecule has 0 saturated heterocycles. The Labute approximate surface area is 129 Å². The molecule has 116 valence electrons. The lowest BCUT2D eigenvalue weighted by atomic mass is 10.0. The zero-order chi connectivity index (χ0) is 15.7. The van der Waals surface area contributed by atoms with Crippen LogP contribution in [0.1, 0.15) is 24.8 Å². The maximum absolute atomic E-state index is 12.0. The van der Waals surface area contributed by atoms with Gasteiger partial charge in [0.1, 0.15) is 0 Å². The van der Waals surface area contributed by atoms with Crippen LogP contribution in [0.2, 0.25) is 0 Å². The Kier molecular flexibility index (Phi) is 7.79. The molecular formula is C15H21ClN2O3. The van der Waals surface area contributed by atoms with Crippen LogP contribution in [-0.4, -0.2) is 40.3 Å². The summed E-state index contributed by atoms with van der Waals surface area (Å²) in [4.78, 5) is 24.6. The van der Waals surface area contributed by atoms with Gasteiger partial charge in [0.05, 0.1) is 11.9 Å². The van der Waals surface area contributed by atoms with Crippen molar-refractivity contribution >= 4 is 23.5 Å². The molecule has 0 aliphatic heterocycles. The Morgan fingerprint density at radius 2 is 1.90 bits per heavy atom.